The molecular weight excluding hydrogens is 368 g/mol. The van der Waals surface area contributed by atoms with E-state index in [-0.39, 0.29) is 17.7 Å². The lowest BCUT2D eigenvalue weighted by Crippen LogP contribution is -2.28. The predicted molar refractivity (Wildman–Crippen MR) is 113 cm³/mol. The Bertz CT molecular complexity index is 1090. The number of benzene rings is 3. The molecular formula is C22H20N4OS. The van der Waals surface area contributed by atoms with Crippen molar-refractivity contribution in [2.24, 2.45) is 0 Å². The van der Waals surface area contributed by atoms with Crippen molar-refractivity contribution < 1.29 is 4.79 Å². The molecule has 1 unspecified atom stereocenters. The van der Waals surface area contributed by atoms with Crippen LogP contribution in [-0.2, 0) is 4.79 Å². The number of fused-ring (bicyclic) bond motifs is 1. The number of nitrogens with zero attached hydrogens (tertiary/aromatic N) is 3. The van der Waals surface area contributed by atoms with Crippen LogP contribution in [0.25, 0.3) is 16.5 Å². The summed E-state index contributed by atoms with van der Waals surface area (Å²) in [4.78, 5) is 12.5. The van der Waals surface area contributed by atoms with Crippen LogP contribution in [0.15, 0.2) is 84.3 Å². The summed E-state index contributed by atoms with van der Waals surface area (Å²) in [6.45, 7) is 2.01. The van der Waals surface area contributed by atoms with Gasteiger partial charge in [0.15, 0.2) is 5.16 Å². The van der Waals surface area contributed by atoms with Gasteiger partial charge in [0.1, 0.15) is 6.33 Å². The Balaban J connectivity index is 1.42. The van der Waals surface area contributed by atoms with Crippen LogP contribution in [-0.4, -0.2) is 26.4 Å². The highest BCUT2D eigenvalue weighted by Gasteiger charge is 2.14. The molecule has 6 heteroatoms. The summed E-state index contributed by atoms with van der Waals surface area (Å²) >= 11 is 1.37. The van der Waals surface area contributed by atoms with E-state index in [1.54, 1.807) is 6.33 Å². The van der Waals surface area contributed by atoms with Gasteiger partial charge in [-0.3, -0.25) is 9.36 Å². The number of para-hydroxylation sites is 1. The van der Waals surface area contributed by atoms with Gasteiger partial charge in [-0.05, 0) is 35.4 Å². The zero-order valence-electron chi connectivity index (χ0n) is 15.4. The Morgan fingerprint density at radius 3 is 2.64 bits per heavy atom. The van der Waals surface area contributed by atoms with E-state index >= 15 is 0 Å². The van der Waals surface area contributed by atoms with Gasteiger partial charge in [-0.15, -0.1) is 10.2 Å². The summed E-state index contributed by atoms with van der Waals surface area (Å²) in [6.07, 6.45) is 1.66. The van der Waals surface area contributed by atoms with E-state index in [1.807, 2.05) is 60.0 Å². The van der Waals surface area contributed by atoms with Crippen molar-refractivity contribution in [3.8, 4) is 5.69 Å². The van der Waals surface area contributed by atoms with Crippen LogP contribution < -0.4 is 5.32 Å². The van der Waals surface area contributed by atoms with Gasteiger partial charge >= 0.3 is 0 Å². The molecule has 0 saturated carbocycles. The first kappa shape index (κ1) is 18.3. The highest BCUT2D eigenvalue weighted by molar-refractivity contribution is 7.99. The lowest BCUT2D eigenvalue weighted by molar-refractivity contribution is -0.119. The normalized spacial score (nSPS) is 12.0. The molecule has 0 aliphatic carbocycles. The molecule has 1 atom stereocenters. The summed E-state index contributed by atoms with van der Waals surface area (Å²) in [5, 5.41) is 14.2. The molecule has 0 spiro atoms. The summed E-state index contributed by atoms with van der Waals surface area (Å²) in [5.41, 5.74) is 2.09. The highest BCUT2D eigenvalue weighted by atomic mass is 32.2. The van der Waals surface area contributed by atoms with Gasteiger partial charge in [-0.2, -0.15) is 0 Å². The van der Waals surface area contributed by atoms with Crippen molar-refractivity contribution >= 4 is 28.4 Å². The number of carbonyl (C=O) groups excluding carboxylic acids is 1. The van der Waals surface area contributed by atoms with Crippen LogP contribution >= 0.6 is 11.8 Å². The maximum atomic E-state index is 12.5. The fraction of sp³-hybridized carbons (Fsp3) is 0.136. The van der Waals surface area contributed by atoms with Crippen molar-refractivity contribution in [1.29, 1.82) is 0 Å². The Hall–Kier alpha value is -3.12. The van der Waals surface area contributed by atoms with E-state index in [0.717, 1.165) is 16.6 Å². The minimum Gasteiger partial charge on any atom is -0.349 e. The van der Waals surface area contributed by atoms with E-state index in [9.17, 15) is 4.79 Å². The van der Waals surface area contributed by atoms with Crippen LogP contribution in [0.5, 0.6) is 0 Å². The zero-order chi connectivity index (χ0) is 19.3. The third kappa shape index (κ3) is 3.92. The summed E-state index contributed by atoms with van der Waals surface area (Å²) in [6, 6.07) is 24.2. The molecule has 4 rings (SSSR count). The third-order valence-electron chi connectivity index (χ3n) is 4.55. The monoisotopic (exact) mass is 388 g/mol. The average Bonchev–Trinajstić information content (AvgIpc) is 3.21. The van der Waals surface area contributed by atoms with E-state index in [0.29, 0.717) is 5.16 Å². The van der Waals surface area contributed by atoms with Gasteiger partial charge < -0.3 is 5.32 Å². The number of rotatable bonds is 6. The first-order valence-corrected chi connectivity index (χ1v) is 10.1. The topological polar surface area (TPSA) is 59.8 Å². The Morgan fingerprint density at radius 2 is 1.79 bits per heavy atom. The number of carbonyl (C=O) groups is 1. The highest BCUT2D eigenvalue weighted by Crippen LogP contribution is 2.24. The molecule has 1 N–H and O–H groups in total. The van der Waals surface area contributed by atoms with Crippen molar-refractivity contribution in [3.05, 3.63) is 84.7 Å². The molecule has 28 heavy (non-hydrogen) atoms. The molecule has 0 aliphatic rings. The largest absolute Gasteiger partial charge is 0.349 e. The van der Waals surface area contributed by atoms with Gasteiger partial charge in [0.25, 0.3) is 0 Å². The molecule has 0 bridgehead atoms. The van der Waals surface area contributed by atoms with E-state index in [1.165, 1.54) is 17.1 Å². The van der Waals surface area contributed by atoms with Crippen LogP contribution in [0.1, 0.15) is 18.5 Å². The van der Waals surface area contributed by atoms with Crippen molar-refractivity contribution in [1.82, 2.24) is 20.1 Å². The second kappa shape index (κ2) is 8.27. The molecule has 0 radical (unpaired) electrons. The van der Waals surface area contributed by atoms with Gasteiger partial charge in [0.2, 0.25) is 5.91 Å². The Morgan fingerprint density at radius 1 is 1.04 bits per heavy atom. The number of aromatic nitrogens is 3. The quantitative estimate of drug-likeness (QED) is 0.498. The number of hydrogen-bond donors (Lipinski definition) is 1. The SMILES string of the molecule is CC(NC(=O)CSc1nncn1-c1ccccc1)c1cccc2ccccc12. The average molecular weight is 388 g/mol. The maximum absolute atomic E-state index is 12.5. The molecule has 0 saturated heterocycles. The fourth-order valence-electron chi connectivity index (χ4n) is 3.21. The van der Waals surface area contributed by atoms with Crippen LogP contribution in [0.2, 0.25) is 0 Å². The molecule has 5 nitrogen and oxygen atoms in total. The molecule has 3 aromatic carbocycles. The molecule has 0 fully saturated rings. The predicted octanol–water partition coefficient (Wildman–Crippen LogP) is 4.39. The minimum atomic E-state index is -0.0776. The number of hydrogen-bond acceptors (Lipinski definition) is 4. The lowest BCUT2D eigenvalue weighted by Gasteiger charge is -2.16. The Labute approximate surface area is 167 Å². The lowest BCUT2D eigenvalue weighted by atomic mass is 10.00. The third-order valence-corrected chi connectivity index (χ3v) is 5.49. The fourth-order valence-corrected chi connectivity index (χ4v) is 3.95. The van der Waals surface area contributed by atoms with Crippen molar-refractivity contribution in [3.63, 3.8) is 0 Å². The number of amides is 1. The van der Waals surface area contributed by atoms with Gasteiger partial charge in [-0.25, -0.2) is 0 Å². The molecule has 0 aliphatic heterocycles. The molecule has 1 heterocycles. The summed E-state index contributed by atoms with van der Waals surface area (Å²) in [7, 11) is 0. The summed E-state index contributed by atoms with van der Waals surface area (Å²) < 4.78 is 1.88. The molecule has 1 amide bonds. The number of nitrogens with one attached hydrogen (secondary N) is 1. The first-order chi connectivity index (χ1) is 13.7. The van der Waals surface area contributed by atoms with E-state index in [4.69, 9.17) is 0 Å². The minimum absolute atomic E-state index is 0.0342. The van der Waals surface area contributed by atoms with Crippen LogP contribution in [0, 0.1) is 0 Å². The zero-order valence-corrected chi connectivity index (χ0v) is 16.3. The maximum Gasteiger partial charge on any atom is 0.230 e. The standard InChI is InChI=1S/C22H20N4OS/c1-16(19-13-7-9-17-8-5-6-12-20(17)19)24-21(27)14-28-22-25-23-15-26(22)18-10-3-2-4-11-18/h2-13,15-16H,14H2,1H3,(H,24,27). The van der Waals surface area contributed by atoms with Crippen LogP contribution in [0.4, 0.5) is 0 Å². The second-order valence-electron chi connectivity index (χ2n) is 6.47. The van der Waals surface area contributed by atoms with Crippen molar-refractivity contribution in [2.75, 3.05) is 5.75 Å². The van der Waals surface area contributed by atoms with Crippen LogP contribution in [0.3, 0.4) is 0 Å². The van der Waals surface area contributed by atoms with Gasteiger partial charge in [0.05, 0.1) is 11.8 Å². The molecule has 4 aromatic rings. The molecule has 1 aromatic heterocycles. The van der Waals surface area contributed by atoms with Gasteiger partial charge in [0, 0.05) is 5.69 Å². The van der Waals surface area contributed by atoms with E-state index < -0.39 is 0 Å². The Kier molecular flexibility index (Phi) is 5.39. The first-order valence-electron chi connectivity index (χ1n) is 9.07. The number of thioether (sulfide) groups is 1. The molecule has 140 valence electrons. The van der Waals surface area contributed by atoms with E-state index in [2.05, 4.69) is 39.8 Å². The van der Waals surface area contributed by atoms with Crippen molar-refractivity contribution in [2.45, 2.75) is 18.1 Å². The summed E-state index contributed by atoms with van der Waals surface area (Å²) in [5.74, 6) is 0.244. The second-order valence-corrected chi connectivity index (χ2v) is 7.41. The van der Waals surface area contributed by atoms with Gasteiger partial charge in [-0.1, -0.05) is 72.4 Å². The smallest absolute Gasteiger partial charge is 0.230 e.